The maximum Gasteiger partial charge on any atom is 0.417 e. The predicted molar refractivity (Wildman–Crippen MR) is 107 cm³/mol. The van der Waals surface area contributed by atoms with Gasteiger partial charge < -0.3 is 4.74 Å². The van der Waals surface area contributed by atoms with E-state index in [4.69, 9.17) is 4.74 Å². The summed E-state index contributed by atoms with van der Waals surface area (Å²) in [6.45, 7) is 0.244. The zero-order valence-electron chi connectivity index (χ0n) is 14.6. The van der Waals surface area contributed by atoms with Crippen molar-refractivity contribution in [2.75, 3.05) is 13.2 Å². The standard InChI is InChI=1S/C20H14Br2F6O/c21-17-13(5-1-9-15(17)19(23,24)25)7-3-11-29-12-4-8-14-6-2-10-16(18(14)22)20(26,27)28/h1-10H,11-12H2. The number of halogens is 8. The third-order valence-corrected chi connectivity index (χ3v) is 5.46. The lowest BCUT2D eigenvalue weighted by molar-refractivity contribution is -0.139. The van der Waals surface area contributed by atoms with E-state index in [-0.39, 0.29) is 22.2 Å². The van der Waals surface area contributed by atoms with E-state index in [1.54, 1.807) is 12.2 Å². The molecule has 0 aliphatic carbocycles. The lowest BCUT2D eigenvalue weighted by atomic mass is 10.1. The normalized spacial score (nSPS) is 13.0. The van der Waals surface area contributed by atoms with E-state index in [1.165, 1.54) is 36.4 Å². The van der Waals surface area contributed by atoms with Crippen molar-refractivity contribution >= 4 is 44.0 Å². The number of alkyl halides is 6. The number of ether oxygens (including phenoxy) is 1. The largest absolute Gasteiger partial charge is 0.417 e. The van der Waals surface area contributed by atoms with Crippen molar-refractivity contribution in [3.8, 4) is 0 Å². The topological polar surface area (TPSA) is 9.23 Å². The van der Waals surface area contributed by atoms with E-state index < -0.39 is 23.5 Å². The van der Waals surface area contributed by atoms with Gasteiger partial charge in [0.05, 0.1) is 24.3 Å². The Balaban J connectivity index is 1.91. The Kier molecular flexibility index (Phi) is 8.13. The maximum atomic E-state index is 12.9. The lowest BCUT2D eigenvalue weighted by Crippen LogP contribution is -2.06. The van der Waals surface area contributed by atoms with E-state index in [2.05, 4.69) is 31.9 Å². The molecule has 0 bridgehead atoms. The van der Waals surface area contributed by atoms with Crippen molar-refractivity contribution in [1.82, 2.24) is 0 Å². The van der Waals surface area contributed by atoms with Crippen molar-refractivity contribution < 1.29 is 31.1 Å². The second-order valence-electron chi connectivity index (χ2n) is 5.76. The summed E-state index contributed by atoms with van der Waals surface area (Å²) in [4.78, 5) is 0. The van der Waals surface area contributed by atoms with Gasteiger partial charge in [-0.2, -0.15) is 26.3 Å². The fourth-order valence-electron chi connectivity index (χ4n) is 2.35. The minimum atomic E-state index is -4.46. The summed E-state index contributed by atoms with van der Waals surface area (Å²) in [5.74, 6) is 0. The van der Waals surface area contributed by atoms with Crippen LogP contribution in [0.5, 0.6) is 0 Å². The number of hydrogen-bond donors (Lipinski definition) is 0. The number of benzene rings is 2. The molecule has 2 aromatic rings. The van der Waals surface area contributed by atoms with Crippen LogP contribution in [0.2, 0.25) is 0 Å². The van der Waals surface area contributed by atoms with Crippen LogP contribution in [0, 0.1) is 0 Å². The molecule has 0 radical (unpaired) electrons. The average Bonchev–Trinajstić information content (AvgIpc) is 2.61. The van der Waals surface area contributed by atoms with E-state index in [9.17, 15) is 26.3 Å². The quantitative estimate of drug-likeness (QED) is 0.265. The van der Waals surface area contributed by atoms with E-state index >= 15 is 0 Å². The molecular weight excluding hydrogens is 530 g/mol. The van der Waals surface area contributed by atoms with Gasteiger partial charge in [-0.3, -0.25) is 0 Å². The molecule has 0 N–H and O–H groups in total. The highest BCUT2D eigenvalue weighted by atomic mass is 79.9. The molecule has 0 heterocycles. The minimum Gasteiger partial charge on any atom is -0.373 e. The molecule has 1 nitrogen and oxygen atoms in total. The van der Waals surface area contributed by atoms with Crippen molar-refractivity contribution in [2.24, 2.45) is 0 Å². The summed E-state index contributed by atoms with van der Waals surface area (Å²) >= 11 is 5.91. The first-order valence-electron chi connectivity index (χ1n) is 8.14. The SMILES string of the molecule is FC(F)(F)c1cccc(C=CCOCC=Cc2cccc(C(F)(F)F)c2Br)c1Br. The Morgan fingerprint density at radius 3 is 1.41 bits per heavy atom. The molecule has 0 saturated carbocycles. The van der Waals surface area contributed by atoms with Crippen molar-refractivity contribution in [3.05, 3.63) is 79.7 Å². The first-order chi connectivity index (χ1) is 13.5. The second-order valence-corrected chi connectivity index (χ2v) is 7.34. The summed E-state index contributed by atoms with van der Waals surface area (Å²) in [6.07, 6.45) is -2.83. The van der Waals surface area contributed by atoms with E-state index in [0.29, 0.717) is 11.1 Å². The summed E-state index contributed by atoms with van der Waals surface area (Å²) in [5, 5.41) is 0. The third-order valence-electron chi connectivity index (χ3n) is 3.69. The smallest absolute Gasteiger partial charge is 0.373 e. The van der Waals surface area contributed by atoms with Gasteiger partial charge in [0.2, 0.25) is 0 Å². The van der Waals surface area contributed by atoms with Gasteiger partial charge in [0.25, 0.3) is 0 Å². The van der Waals surface area contributed by atoms with Crippen LogP contribution in [0.15, 0.2) is 57.5 Å². The van der Waals surface area contributed by atoms with Gasteiger partial charge in [0, 0.05) is 8.95 Å². The van der Waals surface area contributed by atoms with Crippen molar-refractivity contribution in [2.45, 2.75) is 12.4 Å². The molecule has 9 heteroatoms. The minimum absolute atomic E-state index is 0.0574. The monoisotopic (exact) mass is 542 g/mol. The summed E-state index contributed by atoms with van der Waals surface area (Å²) < 4.78 is 82.4. The molecule has 2 aromatic carbocycles. The van der Waals surface area contributed by atoms with Crippen LogP contribution >= 0.6 is 31.9 Å². The van der Waals surface area contributed by atoms with E-state index in [0.717, 1.165) is 12.1 Å². The first kappa shape index (κ1) is 23.7. The van der Waals surface area contributed by atoms with Gasteiger partial charge >= 0.3 is 12.4 Å². The average molecular weight is 544 g/mol. The molecule has 2 rings (SSSR count). The summed E-state index contributed by atoms with van der Waals surface area (Å²) in [7, 11) is 0. The molecule has 0 fully saturated rings. The molecule has 0 aliphatic heterocycles. The zero-order valence-corrected chi connectivity index (χ0v) is 17.8. The highest BCUT2D eigenvalue weighted by Gasteiger charge is 2.34. The van der Waals surface area contributed by atoms with Gasteiger partial charge in [-0.05, 0) is 55.1 Å². The number of rotatable bonds is 6. The molecule has 0 aliphatic rings. The van der Waals surface area contributed by atoms with Crippen LogP contribution in [-0.4, -0.2) is 13.2 Å². The molecule has 0 atom stereocenters. The van der Waals surface area contributed by atoms with Gasteiger partial charge in [0.1, 0.15) is 0 Å². The lowest BCUT2D eigenvalue weighted by Gasteiger charge is -2.10. The summed E-state index contributed by atoms with van der Waals surface area (Å²) in [6, 6.07) is 7.64. The molecule has 0 unspecified atom stereocenters. The van der Waals surface area contributed by atoms with Gasteiger partial charge in [-0.25, -0.2) is 0 Å². The Morgan fingerprint density at radius 1 is 0.690 bits per heavy atom. The molecule has 29 heavy (non-hydrogen) atoms. The maximum absolute atomic E-state index is 12.9. The van der Waals surface area contributed by atoms with Crippen LogP contribution < -0.4 is 0 Å². The van der Waals surface area contributed by atoms with Crippen LogP contribution in [0.3, 0.4) is 0 Å². The molecule has 0 saturated heterocycles. The Bertz CT molecular complexity index is 827. The molecule has 0 amide bonds. The van der Waals surface area contributed by atoms with Gasteiger partial charge in [0.15, 0.2) is 0 Å². The van der Waals surface area contributed by atoms with Crippen LogP contribution in [0.4, 0.5) is 26.3 Å². The fourth-order valence-corrected chi connectivity index (χ4v) is 3.59. The van der Waals surface area contributed by atoms with Gasteiger partial charge in [-0.1, -0.05) is 48.6 Å². The highest BCUT2D eigenvalue weighted by Crippen LogP contribution is 2.37. The molecule has 156 valence electrons. The fraction of sp³-hybridized carbons (Fsp3) is 0.200. The van der Waals surface area contributed by atoms with Crippen LogP contribution in [0.25, 0.3) is 12.2 Å². The Labute approximate surface area is 180 Å². The number of hydrogen-bond acceptors (Lipinski definition) is 1. The second kappa shape index (κ2) is 9.95. The zero-order chi connectivity index (χ0) is 21.7. The summed E-state index contributed by atoms with van der Waals surface area (Å²) in [5.41, 5.74) is -0.830. The predicted octanol–water partition coefficient (Wildman–Crippen LogP) is 7.99. The molecule has 0 spiro atoms. The van der Waals surface area contributed by atoms with E-state index in [1.807, 2.05) is 0 Å². The first-order valence-corrected chi connectivity index (χ1v) is 9.72. The highest BCUT2D eigenvalue weighted by molar-refractivity contribution is 9.11. The molecule has 0 aromatic heterocycles. The molecular formula is C20H14Br2F6O. The van der Waals surface area contributed by atoms with Crippen molar-refractivity contribution in [1.29, 1.82) is 0 Å². The van der Waals surface area contributed by atoms with Crippen molar-refractivity contribution in [3.63, 3.8) is 0 Å². The third kappa shape index (κ3) is 6.72. The Hall–Kier alpha value is -1.58. The van der Waals surface area contributed by atoms with Gasteiger partial charge in [-0.15, -0.1) is 0 Å². The van der Waals surface area contributed by atoms with Crippen LogP contribution in [-0.2, 0) is 17.1 Å². The Morgan fingerprint density at radius 2 is 1.07 bits per heavy atom. The van der Waals surface area contributed by atoms with Crippen LogP contribution in [0.1, 0.15) is 22.3 Å².